The second-order valence-electron chi connectivity index (χ2n) is 5.57. The molecule has 1 aromatic rings. The van der Waals surface area contributed by atoms with Crippen LogP contribution in [0.15, 0.2) is 24.3 Å². The van der Waals surface area contributed by atoms with E-state index in [9.17, 15) is 4.79 Å². The number of methoxy groups -OCH3 is 1. The third-order valence-corrected chi connectivity index (χ3v) is 4.37. The highest BCUT2D eigenvalue weighted by Gasteiger charge is 2.45. The fraction of sp³-hybridized carbons (Fsp3) is 0.533. The van der Waals surface area contributed by atoms with Crippen molar-refractivity contribution in [3.05, 3.63) is 35.4 Å². The number of nitrogens with one attached hydrogen (secondary N) is 1. The van der Waals surface area contributed by atoms with Crippen LogP contribution in [0.2, 0.25) is 0 Å². The molecular weight excluding hydrogens is 226 g/mol. The number of ether oxygens (including phenoxy) is 1. The normalized spacial score (nSPS) is 24.8. The molecule has 1 aliphatic carbocycles. The Bertz CT molecular complexity index is 448. The quantitative estimate of drug-likeness (QED) is 0.814. The van der Waals surface area contributed by atoms with Crippen LogP contribution in [0.3, 0.4) is 0 Å². The van der Waals surface area contributed by atoms with Crippen LogP contribution in [-0.4, -0.2) is 19.6 Å². The average Bonchev–Trinajstić information content (AvgIpc) is 3.17. The molecule has 1 N–H and O–H groups in total. The molecule has 96 valence electrons. The second-order valence-corrected chi connectivity index (χ2v) is 5.57. The molecule has 0 bridgehead atoms. The summed E-state index contributed by atoms with van der Waals surface area (Å²) in [5.74, 6) is -0.267. The molecule has 0 amide bonds. The van der Waals surface area contributed by atoms with Gasteiger partial charge in [0.2, 0.25) is 0 Å². The van der Waals surface area contributed by atoms with Gasteiger partial charge >= 0.3 is 5.97 Å². The van der Waals surface area contributed by atoms with Crippen molar-refractivity contribution in [2.75, 3.05) is 13.7 Å². The van der Waals surface area contributed by atoms with Crippen LogP contribution in [0.1, 0.15) is 47.6 Å². The van der Waals surface area contributed by atoms with Gasteiger partial charge in [-0.15, -0.1) is 0 Å². The monoisotopic (exact) mass is 245 g/mol. The highest BCUT2D eigenvalue weighted by Crippen LogP contribution is 2.55. The second kappa shape index (κ2) is 4.39. The molecular formula is C15H19NO2. The lowest BCUT2D eigenvalue weighted by atomic mass is 9.86. The fourth-order valence-electron chi connectivity index (χ4n) is 2.95. The number of hydrogen-bond donors (Lipinski definition) is 1. The Hall–Kier alpha value is -1.35. The van der Waals surface area contributed by atoms with Gasteiger partial charge in [-0.1, -0.05) is 12.1 Å². The van der Waals surface area contributed by atoms with E-state index in [2.05, 4.69) is 5.32 Å². The molecule has 3 heteroatoms. The molecule has 1 unspecified atom stereocenters. The third-order valence-electron chi connectivity index (χ3n) is 4.37. The maximum absolute atomic E-state index is 11.4. The van der Waals surface area contributed by atoms with Gasteiger partial charge in [-0.3, -0.25) is 0 Å². The molecule has 1 saturated heterocycles. The summed E-state index contributed by atoms with van der Waals surface area (Å²) in [5, 5.41) is 3.58. The first-order valence-corrected chi connectivity index (χ1v) is 6.64. The number of esters is 1. The average molecular weight is 245 g/mol. The summed E-state index contributed by atoms with van der Waals surface area (Å²) < 4.78 is 4.71. The number of piperidine rings is 1. The Kier molecular flexibility index (Phi) is 2.86. The topological polar surface area (TPSA) is 38.3 Å². The van der Waals surface area contributed by atoms with Crippen molar-refractivity contribution in [1.29, 1.82) is 0 Å². The largest absolute Gasteiger partial charge is 0.465 e. The van der Waals surface area contributed by atoms with Crippen LogP contribution in [0.25, 0.3) is 0 Å². The first-order valence-electron chi connectivity index (χ1n) is 6.64. The standard InChI is InChI=1S/C15H19NO2/c1-18-14(17)12-4-2-11(3-5-12)13-10-15(6-7-15)8-9-16-13/h2-5,13,16H,6-10H2,1H3. The molecule has 2 aliphatic rings. The first kappa shape index (κ1) is 11.7. The summed E-state index contributed by atoms with van der Waals surface area (Å²) in [4.78, 5) is 11.4. The van der Waals surface area contributed by atoms with Crippen LogP contribution >= 0.6 is 0 Å². The number of benzene rings is 1. The summed E-state index contributed by atoms with van der Waals surface area (Å²) >= 11 is 0. The van der Waals surface area contributed by atoms with Crippen molar-refractivity contribution in [2.45, 2.75) is 31.7 Å². The van der Waals surface area contributed by atoms with Crippen molar-refractivity contribution in [1.82, 2.24) is 5.32 Å². The third kappa shape index (κ3) is 2.15. The van der Waals surface area contributed by atoms with Gasteiger partial charge in [0.15, 0.2) is 0 Å². The Labute approximate surface area is 108 Å². The van der Waals surface area contributed by atoms with Gasteiger partial charge in [0.1, 0.15) is 0 Å². The van der Waals surface area contributed by atoms with E-state index < -0.39 is 0 Å². The van der Waals surface area contributed by atoms with Crippen molar-refractivity contribution >= 4 is 5.97 Å². The predicted octanol–water partition coefficient (Wildman–Crippen LogP) is 2.68. The molecule has 1 aliphatic heterocycles. The lowest BCUT2D eigenvalue weighted by molar-refractivity contribution is 0.0600. The van der Waals surface area contributed by atoms with Gasteiger partial charge in [0, 0.05) is 6.04 Å². The van der Waals surface area contributed by atoms with E-state index in [1.165, 1.54) is 38.4 Å². The summed E-state index contributed by atoms with van der Waals surface area (Å²) in [6.45, 7) is 1.11. The minimum Gasteiger partial charge on any atom is -0.465 e. The highest BCUT2D eigenvalue weighted by molar-refractivity contribution is 5.89. The SMILES string of the molecule is COC(=O)c1ccc(C2CC3(CCN2)CC3)cc1. The molecule has 1 aromatic carbocycles. The van der Waals surface area contributed by atoms with Crippen molar-refractivity contribution in [3.63, 3.8) is 0 Å². The van der Waals surface area contributed by atoms with Crippen LogP contribution in [0.5, 0.6) is 0 Å². The van der Waals surface area contributed by atoms with Crippen molar-refractivity contribution in [3.8, 4) is 0 Å². The van der Waals surface area contributed by atoms with Gasteiger partial charge in [-0.2, -0.15) is 0 Å². The van der Waals surface area contributed by atoms with Crippen LogP contribution in [0.4, 0.5) is 0 Å². The fourth-order valence-corrected chi connectivity index (χ4v) is 2.95. The molecule has 0 radical (unpaired) electrons. The Morgan fingerprint density at radius 2 is 2.00 bits per heavy atom. The van der Waals surface area contributed by atoms with E-state index in [-0.39, 0.29) is 5.97 Å². The molecule has 18 heavy (non-hydrogen) atoms. The molecule has 1 saturated carbocycles. The minimum atomic E-state index is -0.267. The lowest BCUT2D eigenvalue weighted by Gasteiger charge is -2.30. The van der Waals surface area contributed by atoms with Crippen LogP contribution in [-0.2, 0) is 4.74 Å². The van der Waals surface area contributed by atoms with Gasteiger partial charge in [-0.25, -0.2) is 4.79 Å². The maximum atomic E-state index is 11.4. The van der Waals surface area contributed by atoms with Crippen molar-refractivity contribution < 1.29 is 9.53 Å². The van der Waals surface area contributed by atoms with Gasteiger partial charge in [-0.05, 0) is 55.3 Å². The van der Waals surface area contributed by atoms with E-state index in [1.807, 2.05) is 24.3 Å². The zero-order valence-electron chi connectivity index (χ0n) is 10.7. The zero-order chi connectivity index (χ0) is 12.6. The van der Waals surface area contributed by atoms with Crippen LogP contribution in [0, 0.1) is 5.41 Å². The summed E-state index contributed by atoms with van der Waals surface area (Å²) in [7, 11) is 1.41. The molecule has 1 spiro atoms. The predicted molar refractivity (Wildman–Crippen MR) is 69.4 cm³/mol. The lowest BCUT2D eigenvalue weighted by Crippen LogP contribution is -2.32. The van der Waals surface area contributed by atoms with Crippen molar-refractivity contribution in [2.24, 2.45) is 5.41 Å². The smallest absolute Gasteiger partial charge is 0.337 e. The summed E-state index contributed by atoms with van der Waals surface area (Å²) in [6, 6.07) is 8.26. The summed E-state index contributed by atoms with van der Waals surface area (Å²) in [6.07, 6.45) is 5.35. The Balaban J connectivity index is 1.74. The number of rotatable bonds is 2. The van der Waals surface area contributed by atoms with E-state index >= 15 is 0 Å². The first-order chi connectivity index (χ1) is 8.72. The van der Waals surface area contributed by atoms with E-state index in [1.54, 1.807) is 0 Å². The van der Waals surface area contributed by atoms with Gasteiger partial charge < -0.3 is 10.1 Å². The van der Waals surface area contributed by atoms with E-state index in [0.29, 0.717) is 17.0 Å². The summed E-state index contributed by atoms with van der Waals surface area (Å²) in [5.41, 5.74) is 2.54. The Morgan fingerprint density at radius 1 is 1.28 bits per heavy atom. The number of carbonyl (C=O) groups excluding carboxylic acids is 1. The van der Waals surface area contributed by atoms with Crippen LogP contribution < -0.4 is 5.32 Å². The molecule has 3 nitrogen and oxygen atoms in total. The van der Waals surface area contributed by atoms with Gasteiger partial charge in [0.25, 0.3) is 0 Å². The number of hydrogen-bond acceptors (Lipinski definition) is 3. The van der Waals surface area contributed by atoms with Gasteiger partial charge in [0.05, 0.1) is 12.7 Å². The molecule has 1 atom stereocenters. The molecule has 0 aromatic heterocycles. The van der Waals surface area contributed by atoms with E-state index in [4.69, 9.17) is 4.74 Å². The number of carbonyl (C=O) groups is 1. The Morgan fingerprint density at radius 3 is 2.61 bits per heavy atom. The molecule has 1 heterocycles. The minimum absolute atomic E-state index is 0.267. The maximum Gasteiger partial charge on any atom is 0.337 e. The van der Waals surface area contributed by atoms with E-state index in [0.717, 1.165) is 6.54 Å². The molecule has 3 rings (SSSR count). The molecule has 2 fully saturated rings. The zero-order valence-corrected chi connectivity index (χ0v) is 10.7. The highest BCUT2D eigenvalue weighted by atomic mass is 16.5.